The lowest BCUT2D eigenvalue weighted by molar-refractivity contribution is 0.0274. The number of aromatic nitrogens is 1. The van der Waals surface area contributed by atoms with Crippen LogP contribution in [0.3, 0.4) is 0 Å². The maximum atomic E-state index is 11.3. The number of nitrogens with zero attached hydrogens (tertiary/aromatic N) is 1. The van der Waals surface area contributed by atoms with Crippen LogP contribution in [0.5, 0.6) is 0 Å². The van der Waals surface area contributed by atoms with Crippen LogP contribution in [-0.2, 0) is 10.0 Å². The smallest absolute Gasteiger partial charge is 0.209 e. The van der Waals surface area contributed by atoms with Gasteiger partial charge in [-0.05, 0) is 30.9 Å². The van der Waals surface area contributed by atoms with Gasteiger partial charge < -0.3 is 5.11 Å². The van der Waals surface area contributed by atoms with E-state index < -0.39 is 10.0 Å². The number of sulfonamides is 1. The molecule has 1 aliphatic rings. The molecule has 1 fully saturated rings. The molecule has 1 aromatic heterocycles. The minimum atomic E-state index is -3.28. The highest BCUT2D eigenvalue weighted by Crippen LogP contribution is 2.37. The van der Waals surface area contributed by atoms with Crippen molar-refractivity contribution < 1.29 is 13.5 Å². The van der Waals surface area contributed by atoms with E-state index in [1.807, 2.05) is 6.07 Å². The normalized spacial score (nSPS) is 26.2. The third-order valence-electron chi connectivity index (χ3n) is 2.97. The van der Waals surface area contributed by atoms with Gasteiger partial charge in [0.25, 0.3) is 0 Å². The number of pyridine rings is 1. The van der Waals surface area contributed by atoms with Crippen LogP contribution in [0.25, 0.3) is 0 Å². The molecule has 1 atom stereocenters. The fraction of sp³-hybridized carbons (Fsp3) is 0.545. The first-order chi connectivity index (χ1) is 7.96. The number of aliphatic hydroxyl groups excluding tert-OH is 1. The molecule has 0 bridgehead atoms. The van der Waals surface area contributed by atoms with Crippen molar-refractivity contribution in [2.75, 3.05) is 6.26 Å². The van der Waals surface area contributed by atoms with Crippen LogP contribution in [0.15, 0.2) is 24.4 Å². The summed E-state index contributed by atoms with van der Waals surface area (Å²) < 4.78 is 25.3. The van der Waals surface area contributed by atoms with Gasteiger partial charge in [-0.15, -0.1) is 0 Å². The first-order valence-corrected chi connectivity index (χ1v) is 7.41. The lowest BCUT2D eigenvalue weighted by atomic mass is 9.76. The average Bonchev–Trinajstić information content (AvgIpc) is 2.22. The Balaban J connectivity index is 2.19. The minimum absolute atomic E-state index is 0.120. The molecular formula is C11H16N2O3S. The van der Waals surface area contributed by atoms with Gasteiger partial charge in [-0.3, -0.25) is 4.98 Å². The van der Waals surface area contributed by atoms with Gasteiger partial charge in [0.05, 0.1) is 24.1 Å². The SMILES string of the molecule is CS(=O)(=O)N[C@H](c1ccccn1)C1CC(O)C1. The lowest BCUT2D eigenvalue weighted by Gasteiger charge is -2.37. The quantitative estimate of drug-likeness (QED) is 0.819. The van der Waals surface area contributed by atoms with Crippen LogP contribution in [0, 0.1) is 5.92 Å². The van der Waals surface area contributed by atoms with Crippen molar-refractivity contribution in [3.05, 3.63) is 30.1 Å². The Kier molecular flexibility index (Phi) is 3.46. The van der Waals surface area contributed by atoms with Crippen molar-refractivity contribution in [2.24, 2.45) is 5.92 Å². The fourth-order valence-electron chi connectivity index (χ4n) is 2.09. The average molecular weight is 256 g/mol. The molecule has 2 rings (SSSR count). The van der Waals surface area contributed by atoms with Crippen molar-refractivity contribution in [1.29, 1.82) is 0 Å². The van der Waals surface area contributed by atoms with Crippen molar-refractivity contribution in [3.8, 4) is 0 Å². The zero-order chi connectivity index (χ0) is 12.5. The first kappa shape index (κ1) is 12.5. The summed E-state index contributed by atoms with van der Waals surface area (Å²) in [6.45, 7) is 0. The summed E-state index contributed by atoms with van der Waals surface area (Å²) in [5.74, 6) is 0.120. The largest absolute Gasteiger partial charge is 0.393 e. The van der Waals surface area contributed by atoms with E-state index in [9.17, 15) is 13.5 Å². The van der Waals surface area contributed by atoms with E-state index in [0.717, 1.165) is 6.26 Å². The molecule has 6 heteroatoms. The van der Waals surface area contributed by atoms with Crippen LogP contribution in [0.4, 0.5) is 0 Å². The van der Waals surface area contributed by atoms with Gasteiger partial charge in [-0.2, -0.15) is 0 Å². The predicted molar refractivity (Wildman–Crippen MR) is 63.7 cm³/mol. The minimum Gasteiger partial charge on any atom is -0.393 e. The van der Waals surface area contributed by atoms with Crippen LogP contribution in [0.1, 0.15) is 24.6 Å². The Morgan fingerprint density at radius 3 is 2.65 bits per heavy atom. The van der Waals surface area contributed by atoms with E-state index in [4.69, 9.17) is 0 Å². The summed E-state index contributed by atoms with van der Waals surface area (Å²) in [4.78, 5) is 4.18. The second kappa shape index (κ2) is 4.72. The molecule has 17 heavy (non-hydrogen) atoms. The molecular weight excluding hydrogens is 240 g/mol. The molecule has 1 saturated carbocycles. The summed E-state index contributed by atoms with van der Waals surface area (Å²) >= 11 is 0. The van der Waals surface area contributed by atoms with E-state index >= 15 is 0 Å². The van der Waals surface area contributed by atoms with Gasteiger partial charge in [0.15, 0.2) is 0 Å². The molecule has 0 radical (unpaired) electrons. The highest BCUT2D eigenvalue weighted by molar-refractivity contribution is 7.88. The second-order valence-electron chi connectivity index (χ2n) is 4.51. The van der Waals surface area contributed by atoms with Crippen LogP contribution >= 0.6 is 0 Å². The first-order valence-electron chi connectivity index (χ1n) is 5.52. The molecule has 0 amide bonds. The molecule has 0 unspecified atom stereocenters. The molecule has 0 aromatic carbocycles. The third kappa shape index (κ3) is 3.24. The Morgan fingerprint density at radius 2 is 2.18 bits per heavy atom. The van der Waals surface area contributed by atoms with Gasteiger partial charge in [0, 0.05) is 6.20 Å². The summed E-state index contributed by atoms with van der Waals surface area (Å²) in [6.07, 6.45) is 3.69. The third-order valence-corrected chi connectivity index (χ3v) is 3.65. The molecule has 94 valence electrons. The second-order valence-corrected chi connectivity index (χ2v) is 6.29. The number of hydrogen-bond donors (Lipinski definition) is 2. The van der Waals surface area contributed by atoms with Gasteiger partial charge in [0.1, 0.15) is 0 Å². The Morgan fingerprint density at radius 1 is 1.47 bits per heavy atom. The zero-order valence-electron chi connectivity index (χ0n) is 9.57. The van der Waals surface area contributed by atoms with Gasteiger partial charge in [-0.1, -0.05) is 6.07 Å². The highest BCUT2D eigenvalue weighted by Gasteiger charge is 2.36. The molecule has 0 aliphatic heterocycles. The topological polar surface area (TPSA) is 79.3 Å². The van der Waals surface area contributed by atoms with E-state index in [-0.39, 0.29) is 18.1 Å². The Labute approximate surface area is 101 Å². The predicted octanol–water partition coefficient (Wildman–Crippen LogP) is 0.443. The summed E-state index contributed by atoms with van der Waals surface area (Å²) in [5, 5.41) is 9.31. The maximum absolute atomic E-state index is 11.3. The Bertz CT molecular complexity index is 469. The summed E-state index contributed by atoms with van der Waals surface area (Å²) in [7, 11) is -3.28. The van der Waals surface area contributed by atoms with Crippen molar-refractivity contribution in [1.82, 2.24) is 9.71 Å². The highest BCUT2D eigenvalue weighted by atomic mass is 32.2. The van der Waals surface area contributed by atoms with Crippen LogP contribution in [0.2, 0.25) is 0 Å². The molecule has 0 spiro atoms. The van der Waals surface area contributed by atoms with Gasteiger partial charge >= 0.3 is 0 Å². The molecule has 1 aliphatic carbocycles. The van der Waals surface area contributed by atoms with Crippen molar-refractivity contribution >= 4 is 10.0 Å². The standard InChI is InChI=1S/C11H16N2O3S/c1-17(15,16)13-11(8-6-9(14)7-8)10-4-2-3-5-12-10/h2-5,8-9,11,13-14H,6-7H2,1H3/t8?,9?,11-/m0/s1. The van der Waals surface area contributed by atoms with Crippen LogP contribution < -0.4 is 4.72 Å². The zero-order valence-corrected chi connectivity index (χ0v) is 10.4. The van der Waals surface area contributed by atoms with Crippen molar-refractivity contribution in [2.45, 2.75) is 25.0 Å². The number of hydrogen-bond acceptors (Lipinski definition) is 4. The molecule has 0 saturated heterocycles. The number of aliphatic hydroxyl groups is 1. The number of rotatable bonds is 4. The van der Waals surface area contributed by atoms with Gasteiger partial charge in [-0.25, -0.2) is 13.1 Å². The van der Waals surface area contributed by atoms with E-state index in [2.05, 4.69) is 9.71 Å². The van der Waals surface area contributed by atoms with E-state index in [1.165, 1.54) is 0 Å². The number of nitrogens with one attached hydrogen (secondary N) is 1. The lowest BCUT2D eigenvalue weighted by Crippen LogP contribution is -2.41. The van der Waals surface area contributed by atoms with Gasteiger partial charge in [0.2, 0.25) is 10.0 Å². The summed E-state index contributed by atoms with van der Waals surface area (Å²) in [6, 6.07) is 5.08. The van der Waals surface area contributed by atoms with E-state index in [0.29, 0.717) is 18.5 Å². The van der Waals surface area contributed by atoms with E-state index in [1.54, 1.807) is 18.3 Å². The van der Waals surface area contributed by atoms with Crippen molar-refractivity contribution in [3.63, 3.8) is 0 Å². The van der Waals surface area contributed by atoms with Crippen LogP contribution in [-0.4, -0.2) is 30.9 Å². The summed E-state index contributed by atoms with van der Waals surface area (Å²) in [5.41, 5.74) is 0.704. The molecule has 1 heterocycles. The Hall–Kier alpha value is -0.980. The molecule has 2 N–H and O–H groups in total. The molecule has 5 nitrogen and oxygen atoms in total. The maximum Gasteiger partial charge on any atom is 0.209 e. The monoisotopic (exact) mass is 256 g/mol. The fourth-order valence-corrected chi connectivity index (χ4v) is 2.87. The molecule has 1 aromatic rings.